The number of H-pyrrole nitrogens is 1. The Kier molecular flexibility index (Phi) is 11.6. The average Bonchev–Trinajstić information content (AvgIpc) is 3.43. The molecule has 3 unspecified atom stereocenters. The third-order valence-electron chi connectivity index (χ3n) is 8.35. The molecule has 1 aliphatic heterocycles. The van der Waals surface area contributed by atoms with Crippen molar-refractivity contribution in [3.63, 3.8) is 0 Å². The largest absolute Gasteiger partial charge is 0.458 e. The lowest BCUT2D eigenvalue weighted by molar-refractivity contribution is -0.159. The van der Waals surface area contributed by atoms with Gasteiger partial charge in [-0.25, -0.2) is 4.79 Å². The molecule has 3 atom stereocenters. The minimum atomic E-state index is -0.886. The molecule has 0 radical (unpaired) electrons. The summed E-state index contributed by atoms with van der Waals surface area (Å²) in [7, 11) is 0. The van der Waals surface area contributed by atoms with Gasteiger partial charge in [0.2, 0.25) is 11.8 Å². The number of nitrogens with two attached hydrogens (primary N) is 1. The molecule has 9 nitrogen and oxygen atoms in total. The number of aromatic amines is 1. The summed E-state index contributed by atoms with van der Waals surface area (Å²) in [4.78, 5) is 46.5. The Morgan fingerprint density at radius 3 is 2.36 bits per heavy atom. The Bertz CT molecular complexity index is 1370. The van der Waals surface area contributed by atoms with E-state index in [1.54, 1.807) is 20.8 Å². The summed E-state index contributed by atoms with van der Waals surface area (Å²) >= 11 is 0. The molecule has 1 aromatic heterocycles. The smallest absolute Gasteiger partial charge is 0.329 e. The number of hydrogen-bond acceptors (Lipinski definition) is 6. The van der Waals surface area contributed by atoms with Crippen LogP contribution in [0.5, 0.6) is 0 Å². The van der Waals surface area contributed by atoms with Crippen LogP contribution in [0.25, 0.3) is 10.9 Å². The van der Waals surface area contributed by atoms with Crippen LogP contribution in [-0.4, -0.2) is 65.0 Å². The fourth-order valence-electron chi connectivity index (χ4n) is 5.91. The molecule has 9 heteroatoms. The van der Waals surface area contributed by atoms with E-state index in [4.69, 9.17) is 10.5 Å². The van der Waals surface area contributed by atoms with Crippen LogP contribution >= 0.6 is 0 Å². The number of likely N-dealkylation sites (tertiary alicyclic amines) is 1. The first-order valence-electron chi connectivity index (χ1n) is 15.9. The molecule has 4 rings (SSSR count). The van der Waals surface area contributed by atoms with E-state index in [0.29, 0.717) is 32.2 Å². The van der Waals surface area contributed by atoms with E-state index in [1.807, 2.05) is 55.6 Å². The summed E-state index contributed by atoms with van der Waals surface area (Å²) in [6.07, 6.45) is 5.12. The molecule has 1 saturated heterocycles. The maximum absolute atomic E-state index is 14.0. The second-order valence-corrected chi connectivity index (χ2v) is 13.0. The summed E-state index contributed by atoms with van der Waals surface area (Å²) in [5, 5.41) is 7.05. The zero-order chi connectivity index (χ0) is 31.7. The van der Waals surface area contributed by atoms with Crippen LogP contribution in [0.3, 0.4) is 0 Å². The number of para-hydroxylation sites is 1. The van der Waals surface area contributed by atoms with Crippen LogP contribution in [0.2, 0.25) is 0 Å². The Labute approximate surface area is 261 Å². The van der Waals surface area contributed by atoms with Crippen molar-refractivity contribution >= 4 is 28.7 Å². The number of fused-ring (bicyclic) bond motifs is 1. The highest BCUT2D eigenvalue weighted by atomic mass is 16.6. The molecule has 0 bridgehead atoms. The number of ether oxygens (including phenoxy) is 1. The van der Waals surface area contributed by atoms with Crippen LogP contribution in [-0.2, 0) is 25.7 Å². The summed E-state index contributed by atoms with van der Waals surface area (Å²) < 4.78 is 5.65. The van der Waals surface area contributed by atoms with Gasteiger partial charge in [-0.05, 0) is 89.7 Å². The third kappa shape index (κ3) is 9.16. The van der Waals surface area contributed by atoms with Gasteiger partial charge in [0, 0.05) is 35.5 Å². The molecule has 0 saturated carbocycles. The van der Waals surface area contributed by atoms with E-state index in [2.05, 4.69) is 32.7 Å². The lowest BCUT2D eigenvalue weighted by Gasteiger charge is -2.33. The van der Waals surface area contributed by atoms with E-state index in [0.717, 1.165) is 42.5 Å². The van der Waals surface area contributed by atoms with Crippen LogP contribution in [0.15, 0.2) is 60.8 Å². The van der Waals surface area contributed by atoms with Crippen LogP contribution < -0.4 is 16.4 Å². The second-order valence-electron chi connectivity index (χ2n) is 13.0. The first-order chi connectivity index (χ1) is 21.1. The zero-order valence-electron chi connectivity index (χ0n) is 26.6. The SMILES string of the molecule is CC(c1c[nH]c2ccccc12)C(NC(=O)C1CCN(Cc2ccccc2)CC1)C(=O)NC(CCCCN)C(=O)OC(C)(C)C. The minimum absolute atomic E-state index is 0.131. The average molecular weight is 604 g/mol. The Morgan fingerprint density at radius 2 is 1.68 bits per heavy atom. The van der Waals surface area contributed by atoms with Gasteiger partial charge in [-0.2, -0.15) is 0 Å². The summed E-state index contributed by atoms with van der Waals surface area (Å²) in [5.74, 6) is -1.58. The highest BCUT2D eigenvalue weighted by Gasteiger charge is 2.35. The van der Waals surface area contributed by atoms with Crippen molar-refractivity contribution in [3.05, 3.63) is 71.9 Å². The second kappa shape index (κ2) is 15.3. The molecule has 3 aromatic rings. The highest BCUT2D eigenvalue weighted by Crippen LogP contribution is 2.29. The number of unbranched alkanes of at least 4 members (excludes halogenated alkanes) is 1. The molecule has 1 fully saturated rings. The number of rotatable bonds is 13. The number of benzene rings is 2. The first-order valence-corrected chi connectivity index (χ1v) is 15.9. The molecular weight excluding hydrogens is 554 g/mol. The van der Waals surface area contributed by atoms with E-state index in [1.165, 1.54) is 5.56 Å². The van der Waals surface area contributed by atoms with Crippen LogP contribution in [0, 0.1) is 5.92 Å². The van der Waals surface area contributed by atoms with Gasteiger partial charge in [-0.3, -0.25) is 14.5 Å². The molecule has 0 aliphatic carbocycles. The number of esters is 1. The van der Waals surface area contributed by atoms with Crippen molar-refractivity contribution < 1.29 is 19.1 Å². The van der Waals surface area contributed by atoms with Gasteiger partial charge in [-0.1, -0.05) is 55.5 Å². The van der Waals surface area contributed by atoms with Crippen molar-refractivity contribution in [2.24, 2.45) is 11.7 Å². The van der Waals surface area contributed by atoms with Crippen LogP contribution in [0.1, 0.15) is 76.8 Å². The lowest BCUT2D eigenvalue weighted by atomic mass is 9.90. The summed E-state index contributed by atoms with van der Waals surface area (Å²) in [6.45, 7) is 10.3. The molecule has 0 spiro atoms. The Hall–Kier alpha value is -3.69. The number of carbonyl (C=O) groups excluding carboxylic acids is 3. The number of amides is 2. The predicted octanol–water partition coefficient (Wildman–Crippen LogP) is 4.62. The summed E-state index contributed by atoms with van der Waals surface area (Å²) in [5.41, 5.74) is 8.14. The summed E-state index contributed by atoms with van der Waals surface area (Å²) in [6, 6.07) is 16.5. The van der Waals surface area contributed by atoms with Gasteiger partial charge in [0.1, 0.15) is 17.7 Å². The number of nitrogens with one attached hydrogen (secondary N) is 3. The molecule has 5 N–H and O–H groups in total. The van der Waals surface area contributed by atoms with Crippen molar-refractivity contribution in [2.45, 2.75) is 89.9 Å². The molecule has 2 aromatic carbocycles. The van der Waals surface area contributed by atoms with Gasteiger partial charge >= 0.3 is 5.97 Å². The monoisotopic (exact) mass is 603 g/mol. The molecule has 238 valence electrons. The van der Waals surface area contributed by atoms with E-state index < -0.39 is 29.6 Å². The predicted molar refractivity (Wildman–Crippen MR) is 174 cm³/mol. The third-order valence-corrected chi connectivity index (χ3v) is 8.35. The molecular formula is C35H49N5O4. The van der Waals surface area contributed by atoms with E-state index in [-0.39, 0.29) is 17.7 Å². The molecule has 2 heterocycles. The molecule has 44 heavy (non-hydrogen) atoms. The van der Waals surface area contributed by atoms with Gasteiger partial charge in [0.25, 0.3) is 0 Å². The van der Waals surface area contributed by atoms with Gasteiger partial charge in [-0.15, -0.1) is 0 Å². The van der Waals surface area contributed by atoms with Crippen LogP contribution in [0.4, 0.5) is 0 Å². The van der Waals surface area contributed by atoms with Crippen molar-refractivity contribution in [1.82, 2.24) is 20.5 Å². The number of aromatic nitrogens is 1. The Balaban J connectivity index is 1.50. The number of carbonyl (C=O) groups is 3. The lowest BCUT2D eigenvalue weighted by Crippen LogP contribution is -2.55. The topological polar surface area (TPSA) is 130 Å². The highest BCUT2D eigenvalue weighted by molar-refractivity contribution is 5.93. The van der Waals surface area contributed by atoms with E-state index in [9.17, 15) is 14.4 Å². The molecule has 2 amide bonds. The number of nitrogens with zero attached hydrogens (tertiary/aromatic N) is 1. The molecule has 1 aliphatic rings. The Morgan fingerprint density at radius 1 is 1.00 bits per heavy atom. The first kappa shape index (κ1) is 33.2. The fraction of sp³-hybridized carbons (Fsp3) is 0.514. The quantitative estimate of drug-likeness (QED) is 0.167. The minimum Gasteiger partial charge on any atom is -0.458 e. The van der Waals surface area contributed by atoms with Crippen molar-refractivity contribution in [2.75, 3.05) is 19.6 Å². The van der Waals surface area contributed by atoms with Gasteiger partial charge in [0.05, 0.1) is 0 Å². The number of hydrogen-bond donors (Lipinski definition) is 4. The standard InChI is InChI=1S/C35H49N5O4/c1-24(28-22-37-29-15-9-8-14-27(28)29)31(33(42)38-30(16-10-11-19-36)34(43)44-35(2,3)4)39-32(41)26-17-20-40(21-18-26)23-25-12-6-5-7-13-25/h5-9,12-15,22,24,26,30-31,37H,10-11,16-21,23,36H2,1-4H3,(H,38,42)(H,39,41). The van der Waals surface area contributed by atoms with E-state index >= 15 is 0 Å². The zero-order valence-corrected chi connectivity index (χ0v) is 26.6. The number of piperidine rings is 1. The van der Waals surface area contributed by atoms with Crippen molar-refractivity contribution in [1.29, 1.82) is 0 Å². The normalized spacial score (nSPS) is 16.7. The van der Waals surface area contributed by atoms with Gasteiger partial charge in [0.15, 0.2) is 0 Å². The maximum Gasteiger partial charge on any atom is 0.329 e. The fourth-order valence-corrected chi connectivity index (χ4v) is 5.91. The maximum atomic E-state index is 14.0. The van der Waals surface area contributed by atoms with Gasteiger partial charge < -0.3 is 26.1 Å². The van der Waals surface area contributed by atoms with Crippen molar-refractivity contribution in [3.8, 4) is 0 Å².